The number of aryl methyl sites for hydroxylation is 1. The molecule has 21 heavy (non-hydrogen) atoms. The average Bonchev–Trinajstić information content (AvgIpc) is 2.53. The Morgan fingerprint density at radius 2 is 2.24 bits per heavy atom. The molecule has 1 N–H and O–H groups in total. The molecule has 1 aromatic rings. The molecule has 1 aliphatic heterocycles. The van der Waals surface area contributed by atoms with E-state index in [-0.39, 0.29) is 5.91 Å². The van der Waals surface area contributed by atoms with Crippen LogP contribution in [0, 0.1) is 6.92 Å². The second kappa shape index (κ2) is 7.46. The van der Waals surface area contributed by atoms with Crippen molar-refractivity contribution in [1.29, 1.82) is 0 Å². The first kappa shape index (κ1) is 15.8. The van der Waals surface area contributed by atoms with Crippen molar-refractivity contribution in [2.75, 3.05) is 26.7 Å². The lowest BCUT2D eigenvalue weighted by Gasteiger charge is -2.30. The number of hydrogen-bond acceptors (Lipinski definition) is 3. The van der Waals surface area contributed by atoms with E-state index in [1.54, 1.807) is 7.11 Å². The number of hydrogen-bond donors (Lipinski definition) is 1. The third-order valence-electron chi connectivity index (χ3n) is 4.11. The third-order valence-corrected chi connectivity index (χ3v) is 4.11. The van der Waals surface area contributed by atoms with Crippen LogP contribution in [0.3, 0.4) is 0 Å². The predicted octanol–water partition coefficient (Wildman–Crippen LogP) is 2.61. The summed E-state index contributed by atoms with van der Waals surface area (Å²) in [5, 5.41) is 3.51. The number of likely N-dealkylation sites (N-methyl/N-ethyl adjacent to an activating group) is 1. The van der Waals surface area contributed by atoms with Crippen molar-refractivity contribution < 1.29 is 9.53 Å². The van der Waals surface area contributed by atoms with E-state index in [2.05, 4.69) is 5.32 Å². The highest BCUT2D eigenvalue weighted by molar-refractivity contribution is 5.97. The van der Waals surface area contributed by atoms with Gasteiger partial charge < -0.3 is 15.0 Å². The first-order chi connectivity index (χ1) is 10.2. The van der Waals surface area contributed by atoms with Crippen LogP contribution < -0.4 is 10.1 Å². The third kappa shape index (κ3) is 3.97. The fourth-order valence-electron chi connectivity index (χ4n) is 2.86. The molecular weight excluding hydrogens is 264 g/mol. The van der Waals surface area contributed by atoms with E-state index in [1.807, 2.05) is 36.9 Å². The highest BCUT2D eigenvalue weighted by Crippen LogP contribution is 2.22. The molecule has 1 aliphatic rings. The second-order valence-corrected chi connectivity index (χ2v) is 5.69. The first-order valence-corrected chi connectivity index (χ1v) is 7.83. The SMILES string of the molecule is CCN(CC1CCCCN1)C(=O)c1cc(C)ccc1OC. The molecule has 0 aromatic heterocycles. The minimum Gasteiger partial charge on any atom is -0.496 e. The summed E-state index contributed by atoms with van der Waals surface area (Å²) < 4.78 is 5.34. The molecule has 1 fully saturated rings. The van der Waals surface area contributed by atoms with Gasteiger partial charge in [0.2, 0.25) is 0 Å². The molecule has 1 aromatic carbocycles. The lowest BCUT2D eigenvalue weighted by atomic mass is 10.0. The van der Waals surface area contributed by atoms with Gasteiger partial charge in [0, 0.05) is 19.1 Å². The Labute approximate surface area is 127 Å². The Bertz CT molecular complexity index is 482. The fourth-order valence-corrected chi connectivity index (χ4v) is 2.86. The van der Waals surface area contributed by atoms with Crippen LogP contribution in [0.4, 0.5) is 0 Å². The molecule has 4 heteroatoms. The van der Waals surface area contributed by atoms with Crippen LogP contribution in [0.15, 0.2) is 18.2 Å². The van der Waals surface area contributed by atoms with Crippen LogP contribution in [-0.4, -0.2) is 43.6 Å². The fraction of sp³-hybridized carbons (Fsp3) is 0.588. The van der Waals surface area contributed by atoms with Crippen molar-refractivity contribution in [3.8, 4) is 5.75 Å². The van der Waals surface area contributed by atoms with Gasteiger partial charge in [-0.3, -0.25) is 4.79 Å². The van der Waals surface area contributed by atoms with Crippen molar-refractivity contribution in [3.05, 3.63) is 29.3 Å². The van der Waals surface area contributed by atoms with Gasteiger partial charge in [-0.05, 0) is 45.4 Å². The summed E-state index contributed by atoms with van der Waals surface area (Å²) in [5.74, 6) is 0.714. The lowest BCUT2D eigenvalue weighted by molar-refractivity contribution is 0.0738. The van der Waals surface area contributed by atoms with Crippen molar-refractivity contribution in [3.63, 3.8) is 0 Å². The van der Waals surface area contributed by atoms with E-state index in [9.17, 15) is 4.79 Å². The van der Waals surface area contributed by atoms with Crippen molar-refractivity contribution in [2.24, 2.45) is 0 Å². The van der Waals surface area contributed by atoms with Gasteiger partial charge in [-0.25, -0.2) is 0 Å². The minimum absolute atomic E-state index is 0.0606. The topological polar surface area (TPSA) is 41.6 Å². The van der Waals surface area contributed by atoms with Gasteiger partial charge >= 0.3 is 0 Å². The summed E-state index contributed by atoms with van der Waals surface area (Å²) in [5.41, 5.74) is 1.74. The van der Waals surface area contributed by atoms with E-state index in [0.29, 0.717) is 23.9 Å². The van der Waals surface area contributed by atoms with E-state index in [0.717, 1.165) is 25.1 Å². The van der Waals surface area contributed by atoms with Crippen LogP contribution in [0.1, 0.15) is 42.1 Å². The van der Waals surface area contributed by atoms with E-state index >= 15 is 0 Å². The summed E-state index contributed by atoms with van der Waals surface area (Å²) >= 11 is 0. The number of piperidine rings is 1. The standard InChI is InChI=1S/C17H26N2O2/c1-4-19(12-14-7-5-6-10-18-14)17(20)15-11-13(2)8-9-16(15)21-3/h8-9,11,14,18H,4-7,10,12H2,1-3H3. The molecule has 2 rings (SSSR count). The van der Waals surface area contributed by atoms with Crippen LogP contribution in [-0.2, 0) is 0 Å². The van der Waals surface area contributed by atoms with Crippen molar-refractivity contribution in [2.45, 2.75) is 39.2 Å². The number of ether oxygens (including phenoxy) is 1. The van der Waals surface area contributed by atoms with Crippen LogP contribution in [0.2, 0.25) is 0 Å². The van der Waals surface area contributed by atoms with Gasteiger partial charge in [0.25, 0.3) is 5.91 Å². The number of carbonyl (C=O) groups is 1. The summed E-state index contributed by atoms with van der Waals surface area (Å²) in [6.07, 6.45) is 3.63. The number of nitrogens with zero attached hydrogens (tertiary/aromatic N) is 1. The lowest BCUT2D eigenvalue weighted by Crippen LogP contribution is -2.45. The summed E-state index contributed by atoms with van der Waals surface area (Å²) in [6, 6.07) is 6.17. The van der Waals surface area contributed by atoms with Gasteiger partial charge in [-0.2, -0.15) is 0 Å². The molecule has 116 valence electrons. The van der Waals surface area contributed by atoms with E-state index in [4.69, 9.17) is 4.74 Å². The summed E-state index contributed by atoms with van der Waals surface area (Å²) in [4.78, 5) is 14.7. The zero-order chi connectivity index (χ0) is 15.2. The van der Waals surface area contributed by atoms with Crippen molar-refractivity contribution >= 4 is 5.91 Å². The zero-order valence-corrected chi connectivity index (χ0v) is 13.3. The largest absolute Gasteiger partial charge is 0.496 e. The summed E-state index contributed by atoms with van der Waals surface area (Å²) in [7, 11) is 1.61. The molecule has 1 saturated heterocycles. The van der Waals surface area contributed by atoms with Crippen molar-refractivity contribution in [1.82, 2.24) is 10.2 Å². The molecule has 0 bridgehead atoms. The number of carbonyl (C=O) groups excluding carboxylic acids is 1. The Hall–Kier alpha value is -1.55. The van der Waals surface area contributed by atoms with Gasteiger partial charge in [0.1, 0.15) is 5.75 Å². The maximum atomic E-state index is 12.8. The molecule has 1 amide bonds. The quantitative estimate of drug-likeness (QED) is 0.906. The van der Waals surface area contributed by atoms with Gasteiger partial charge in [-0.15, -0.1) is 0 Å². The number of methoxy groups -OCH3 is 1. The van der Waals surface area contributed by atoms with E-state index in [1.165, 1.54) is 12.8 Å². The first-order valence-electron chi connectivity index (χ1n) is 7.83. The van der Waals surface area contributed by atoms with E-state index < -0.39 is 0 Å². The maximum Gasteiger partial charge on any atom is 0.257 e. The van der Waals surface area contributed by atoms with Crippen LogP contribution >= 0.6 is 0 Å². The molecule has 1 unspecified atom stereocenters. The highest BCUT2D eigenvalue weighted by atomic mass is 16.5. The number of rotatable bonds is 5. The molecule has 0 spiro atoms. The van der Waals surface area contributed by atoms with Gasteiger partial charge in [-0.1, -0.05) is 18.1 Å². The molecule has 4 nitrogen and oxygen atoms in total. The smallest absolute Gasteiger partial charge is 0.257 e. The monoisotopic (exact) mass is 290 g/mol. The Balaban J connectivity index is 2.13. The molecule has 0 radical (unpaired) electrons. The molecule has 1 heterocycles. The molecule has 0 aliphatic carbocycles. The molecule has 1 atom stereocenters. The number of amides is 1. The van der Waals surface area contributed by atoms with Gasteiger partial charge in [0.05, 0.1) is 12.7 Å². The Morgan fingerprint density at radius 1 is 1.43 bits per heavy atom. The maximum absolute atomic E-state index is 12.8. The number of nitrogens with one attached hydrogen (secondary N) is 1. The van der Waals surface area contributed by atoms with Crippen LogP contribution in [0.25, 0.3) is 0 Å². The summed E-state index contributed by atoms with van der Waals surface area (Å²) in [6.45, 7) is 6.57. The normalized spacial score (nSPS) is 18.3. The van der Waals surface area contributed by atoms with Crippen LogP contribution in [0.5, 0.6) is 5.75 Å². The highest BCUT2D eigenvalue weighted by Gasteiger charge is 2.22. The predicted molar refractivity (Wildman–Crippen MR) is 85.0 cm³/mol. The number of benzene rings is 1. The Kier molecular flexibility index (Phi) is 5.62. The molecule has 0 saturated carbocycles. The zero-order valence-electron chi connectivity index (χ0n) is 13.3. The minimum atomic E-state index is 0.0606. The molecular formula is C17H26N2O2. The van der Waals surface area contributed by atoms with Gasteiger partial charge in [0.15, 0.2) is 0 Å². The average molecular weight is 290 g/mol. The Morgan fingerprint density at radius 3 is 2.86 bits per heavy atom. The second-order valence-electron chi connectivity index (χ2n) is 5.69.